The molecule has 1 fully saturated rings. The number of aliphatic hydroxyl groups is 1. The van der Waals surface area contributed by atoms with Gasteiger partial charge in [-0.2, -0.15) is 13.2 Å². The van der Waals surface area contributed by atoms with Gasteiger partial charge in [-0.15, -0.1) is 12.4 Å². The molecule has 0 unspecified atom stereocenters. The van der Waals surface area contributed by atoms with Crippen molar-refractivity contribution in [1.29, 1.82) is 0 Å². The molecule has 22 heavy (non-hydrogen) atoms. The molecule has 0 aromatic heterocycles. The van der Waals surface area contributed by atoms with Gasteiger partial charge in [0.2, 0.25) is 0 Å². The molecule has 2 atom stereocenters. The van der Waals surface area contributed by atoms with E-state index in [-0.39, 0.29) is 28.9 Å². The number of rotatable bonds is 3. The van der Waals surface area contributed by atoms with Crippen LogP contribution in [0.15, 0.2) is 18.2 Å². The minimum atomic E-state index is -4.53. The average molecular weight is 358 g/mol. The molecule has 2 rings (SSSR count). The van der Waals surface area contributed by atoms with Crippen LogP contribution in [0.3, 0.4) is 0 Å². The maximum absolute atomic E-state index is 12.9. The molecule has 1 aliphatic rings. The Morgan fingerprint density at radius 2 is 1.77 bits per heavy atom. The van der Waals surface area contributed by atoms with Gasteiger partial charge in [0.1, 0.15) is 0 Å². The maximum atomic E-state index is 12.9. The van der Waals surface area contributed by atoms with E-state index in [1.165, 1.54) is 12.1 Å². The summed E-state index contributed by atoms with van der Waals surface area (Å²) in [5.41, 5.74) is 5.33. The molecule has 0 radical (unpaired) electrons. The lowest BCUT2D eigenvalue weighted by atomic mass is 9.81. The fourth-order valence-electron chi connectivity index (χ4n) is 2.93. The maximum Gasteiger partial charge on any atom is 0.417 e. The van der Waals surface area contributed by atoms with E-state index in [1.807, 2.05) is 0 Å². The minimum absolute atomic E-state index is 0. The van der Waals surface area contributed by atoms with E-state index in [4.69, 9.17) is 17.3 Å². The topological polar surface area (TPSA) is 46.2 Å². The van der Waals surface area contributed by atoms with Crippen LogP contribution in [0.5, 0.6) is 0 Å². The van der Waals surface area contributed by atoms with Crippen molar-refractivity contribution in [3.8, 4) is 0 Å². The van der Waals surface area contributed by atoms with E-state index in [0.29, 0.717) is 0 Å². The predicted octanol–water partition coefficient (Wildman–Crippen LogP) is 4.72. The molecule has 0 bridgehead atoms. The monoisotopic (exact) mass is 357 g/mol. The third-order valence-electron chi connectivity index (χ3n) is 4.18. The first-order valence-corrected chi connectivity index (χ1v) is 7.49. The van der Waals surface area contributed by atoms with Gasteiger partial charge in [-0.1, -0.05) is 36.9 Å². The summed E-state index contributed by atoms with van der Waals surface area (Å²) < 4.78 is 38.6. The number of alkyl halides is 3. The highest BCUT2D eigenvalue weighted by Gasteiger charge is 2.35. The lowest BCUT2D eigenvalue weighted by Gasteiger charge is -2.30. The van der Waals surface area contributed by atoms with Crippen LogP contribution in [-0.2, 0) is 6.18 Å². The van der Waals surface area contributed by atoms with Crippen LogP contribution >= 0.6 is 24.0 Å². The van der Waals surface area contributed by atoms with Crippen molar-refractivity contribution >= 4 is 24.0 Å². The van der Waals surface area contributed by atoms with Crippen LogP contribution in [0.4, 0.5) is 13.2 Å². The van der Waals surface area contributed by atoms with E-state index in [1.54, 1.807) is 0 Å². The molecule has 1 aromatic carbocycles. The molecule has 126 valence electrons. The highest BCUT2D eigenvalue weighted by Crippen LogP contribution is 2.37. The van der Waals surface area contributed by atoms with Crippen molar-refractivity contribution in [2.75, 3.05) is 0 Å². The van der Waals surface area contributed by atoms with E-state index >= 15 is 0 Å². The van der Waals surface area contributed by atoms with E-state index in [2.05, 4.69) is 0 Å². The normalized spacial score (nSPS) is 19.4. The van der Waals surface area contributed by atoms with Crippen molar-refractivity contribution in [3.63, 3.8) is 0 Å². The summed E-state index contributed by atoms with van der Waals surface area (Å²) in [6.07, 6.45) is -0.414. The zero-order valence-electron chi connectivity index (χ0n) is 11.9. The fraction of sp³-hybridized carbons (Fsp3) is 0.600. The summed E-state index contributed by atoms with van der Waals surface area (Å²) in [5.74, 6) is 0.0544. The molecule has 0 heterocycles. The van der Waals surface area contributed by atoms with Crippen molar-refractivity contribution in [3.05, 3.63) is 34.3 Å². The van der Waals surface area contributed by atoms with Crippen LogP contribution in [0.25, 0.3) is 0 Å². The predicted molar refractivity (Wildman–Crippen MR) is 83.2 cm³/mol. The molecule has 1 saturated carbocycles. The zero-order chi connectivity index (χ0) is 15.6. The number of nitrogens with two attached hydrogens (primary N) is 1. The van der Waals surface area contributed by atoms with E-state index < -0.39 is 23.9 Å². The Hall–Kier alpha value is -0.490. The molecule has 0 spiro atoms. The third-order valence-corrected chi connectivity index (χ3v) is 4.51. The summed E-state index contributed by atoms with van der Waals surface area (Å²) in [4.78, 5) is 0. The van der Waals surface area contributed by atoms with Crippen LogP contribution in [0, 0.1) is 5.92 Å². The Balaban J connectivity index is 0.00000242. The van der Waals surface area contributed by atoms with Gasteiger partial charge in [-0.05, 0) is 36.5 Å². The van der Waals surface area contributed by atoms with Crippen LogP contribution in [0.1, 0.15) is 49.3 Å². The van der Waals surface area contributed by atoms with Crippen LogP contribution < -0.4 is 5.73 Å². The number of aliphatic hydroxyl groups excluding tert-OH is 1. The molecular weight excluding hydrogens is 338 g/mol. The number of halogens is 5. The van der Waals surface area contributed by atoms with Crippen LogP contribution in [-0.4, -0.2) is 11.2 Å². The third kappa shape index (κ3) is 4.51. The molecule has 7 heteroatoms. The van der Waals surface area contributed by atoms with E-state index in [9.17, 15) is 18.3 Å². The van der Waals surface area contributed by atoms with Crippen molar-refractivity contribution in [2.45, 2.75) is 50.4 Å². The van der Waals surface area contributed by atoms with Gasteiger partial charge in [0.25, 0.3) is 0 Å². The number of hydrogen-bond donors (Lipinski definition) is 2. The second-order valence-electron chi connectivity index (χ2n) is 5.65. The molecule has 3 N–H and O–H groups in total. The van der Waals surface area contributed by atoms with Crippen molar-refractivity contribution < 1.29 is 18.3 Å². The lowest BCUT2D eigenvalue weighted by Crippen LogP contribution is -2.34. The van der Waals surface area contributed by atoms with Gasteiger partial charge in [0.05, 0.1) is 22.7 Å². The van der Waals surface area contributed by atoms with Crippen LogP contribution in [0.2, 0.25) is 5.02 Å². The Bertz CT molecular complexity index is 490. The Morgan fingerprint density at radius 3 is 2.32 bits per heavy atom. The van der Waals surface area contributed by atoms with Gasteiger partial charge < -0.3 is 10.8 Å². The smallest absolute Gasteiger partial charge is 0.391 e. The van der Waals surface area contributed by atoms with E-state index in [0.717, 1.165) is 38.2 Å². The Kier molecular flexibility index (Phi) is 6.99. The molecule has 0 aliphatic heterocycles. The average Bonchev–Trinajstić information content (AvgIpc) is 2.46. The van der Waals surface area contributed by atoms with Gasteiger partial charge >= 0.3 is 6.18 Å². The summed E-state index contributed by atoms with van der Waals surface area (Å²) >= 11 is 5.59. The molecule has 2 nitrogen and oxygen atoms in total. The summed E-state index contributed by atoms with van der Waals surface area (Å²) in [5, 5.41) is 9.96. The summed E-state index contributed by atoms with van der Waals surface area (Å²) in [7, 11) is 0. The second kappa shape index (κ2) is 7.86. The minimum Gasteiger partial charge on any atom is -0.391 e. The summed E-state index contributed by atoms with van der Waals surface area (Å²) in [6, 6.07) is 2.76. The standard InChI is InChI=1S/C15H19ClF3NO.ClH/c16-12-7-6-10(8-11(12)15(17,18)19)13(20)14(21)9-4-2-1-3-5-9;/h6-9,13-14,21H,1-5,20H2;1H/t13-,14+;/m0./s1. The Morgan fingerprint density at radius 1 is 1.18 bits per heavy atom. The van der Waals surface area contributed by atoms with Gasteiger partial charge in [0, 0.05) is 0 Å². The summed E-state index contributed by atoms with van der Waals surface area (Å²) in [6.45, 7) is 0. The number of benzene rings is 1. The second-order valence-corrected chi connectivity index (χ2v) is 6.06. The highest BCUT2D eigenvalue weighted by molar-refractivity contribution is 6.31. The van der Waals surface area contributed by atoms with Crippen molar-refractivity contribution in [2.24, 2.45) is 11.7 Å². The zero-order valence-corrected chi connectivity index (χ0v) is 13.5. The molecular formula is C15H20Cl2F3NO. The molecule has 1 aromatic rings. The first kappa shape index (κ1) is 19.6. The van der Waals surface area contributed by atoms with Gasteiger partial charge in [0.15, 0.2) is 0 Å². The molecule has 1 aliphatic carbocycles. The fourth-order valence-corrected chi connectivity index (χ4v) is 3.16. The molecule has 0 amide bonds. The Labute approximate surface area is 139 Å². The first-order valence-electron chi connectivity index (χ1n) is 7.11. The quantitative estimate of drug-likeness (QED) is 0.821. The van der Waals surface area contributed by atoms with Crippen molar-refractivity contribution in [1.82, 2.24) is 0 Å². The number of hydrogen-bond acceptors (Lipinski definition) is 2. The largest absolute Gasteiger partial charge is 0.417 e. The SMILES string of the molecule is Cl.N[C@@H](c1ccc(Cl)c(C(F)(F)F)c1)[C@H](O)C1CCCCC1. The lowest BCUT2D eigenvalue weighted by molar-refractivity contribution is -0.137. The van der Waals surface area contributed by atoms with Gasteiger partial charge in [-0.3, -0.25) is 0 Å². The molecule has 0 saturated heterocycles. The highest BCUT2D eigenvalue weighted by atomic mass is 35.5. The first-order chi connectivity index (χ1) is 9.80. The van der Waals surface area contributed by atoms with Gasteiger partial charge in [-0.25, -0.2) is 0 Å².